The molecule has 0 spiro atoms. The van der Waals surface area contributed by atoms with E-state index in [0.717, 1.165) is 6.92 Å². The minimum atomic E-state index is -1.71. The minimum absolute atomic E-state index is 0.235. The molecule has 7 heteroatoms. The van der Waals surface area contributed by atoms with Crippen LogP contribution in [0.4, 0.5) is 0 Å². The summed E-state index contributed by atoms with van der Waals surface area (Å²) < 4.78 is 0. The van der Waals surface area contributed by atoms with Crippen LogP contribution in [0, 0.1) is 0 Å². The molecule has 7 nitrogen and oxygen atoms in total. The zero-order valence-corrected chi connectivity index (χ0v) is 8.20. The lowest BCUT2D eigenvalue weighted by Crippen LogP contribution is -2.53. The van der Waals surface area contributed by atoms with Crippen molar-refractivity contribution in [3.63, 3.8) is 0 Å². The maximum Gasteiger partial charge on any atom is 0.217 e. The highest BCUT2D eigenvalue weighted by Crippen LogP contribution is 2.03. The molecule has 0 aliphatic heterocycles. The quantitative estimate of drug-likeness (QED) is 0.238. The Labute approximate surface area is 86.3 Å². The average molecular weight is 223 g/mol. The van der Waals surface area contributed by atoms with E-state index in [1.54, 1.807) is 0 Å². The molecule has 0 saturated carbocycles. The van der Waals surface area contributed by atoms with E-state index < -0.39 is 36.9 Å². The van der Waals surface area contributed by atoms with Crippen LogP contribution in [-0.4, -0.2) is 63.6 Å². The predicted molar refractivity (Wildman–Crippen MR) is 48.8 cm³/mol. The summed E-state index contributed by atoms with van der Waals surface area (Å²) in [6, 6.07) is -1.32. The molecule has 0 aromatic carbocycles. The lowest BCUT2D eigenvalue weighted by molar-refractivity contribution is -0.129. The van der Waals surface area contributed by atoms with Gasteiger partial charge in [-0.25, -0.2) is 0 Å². The topological polar surface area (TPSA) is 127 Å². The van der Waals surface area contributed by atoms with Crippen molar-refractivity contribution in [3.05, 3.63) is 0 Å². The molecule has 0 radical (unpaired) electrons. The van der Waals surface area contributed by atoms with Crippen molar-refractivity contribution in [2.75, 3.05) is 6.61 Å². The normalized spacial score (nSPS) is 18.7. The molecule has 4 atom stereocenters. The molecule has 0 bridgehead atoms. The molecular weight excluding hydrogens is 208 g/mol. The molecule has 0 heterocycles. The number of rotatable bonds is 6. The van der Waals surface area contributed by atoms with Crippen LogP contribution < -0.4 is 5.32 Å². The summed E-state index contributed by atoms with van der Waals surface area (Å²) in [6.07, 6.45) is -4.72. The molecule has 0 aromatic heterocycles. The first kappa shape index (κ1) is 14.0. The molecule has 15 heavy (non-hydrogen) atoms. The molecule has 1 amide bonds. The second kappa shape index (κ2) is 6.46. The average Bonchev–Trinajstić information content (AvgIpc) is 2.22. The largest absolute Gasteiger partial charge is 0.394 e. The number of carbonyl (C=O) groups is 2. The van der Waals surface area contributed by atoms with Gasteiger partial charge >= 0.3 is 0 Å². The van der Waals surface area contributed by atoms with Crippen LogP contribution in [0.25, 0.3) is 0 Å². The summed E-state index contributed by atoms with van der Waals surface area (Å²) in [7, 11) is 0. The maximum atomic E-state index is 10.6. The van der Waals surface area contributed by atoms with Gasteiger partial charge in [-0.05, 0) is 0 Å². The zero-order valence-electron chi connectivity index (χ0n) is 8.20. The summed E-state index contributed by atoms with van der Waals surface area (Å²) in [5, 5.41) is 38.2. The Morgan fingerprint density at radius 2 is 1.87 bits per heavy atom. The molecule has 0 rings (SSSR count). The van der Waals surface area contributed by atoms with Gasteiger partial charge in [0.1, 0.15) is 30.6 Å². The van der Waals surface area contributed by atoms with Crippen LogP contribution in [0.2, 0.25) is 0 Å². The Hall–Kier alpha value is -1.02. The predicted octanol–water partition coefficient (Wildman–Crippen LogP) is -3.23. The first-order valence-corrected chi connectivity index (χ1v) is 4.31. The summed E-state index contributed by atoms with van der Waals surface area (Å²) in [5.41, 5.74) is 0. The van der Waals surface area contributed by atoms with Crippen LogP contribution in [0.15, 0.2) is 0 Å². The van der Waals surface area contributed by atoms with Crippen molar-refractivity contribution in [3.8, 4) is 0 Å². The van der Waals surface area contributed by atoms with Gasteiger partial charge in [0.15, 0.2) is 0 Å². The number of aliphatic hydroxyl groups is 4. The molecule has 5 N–H and O–H groups in total. The Kier molecular flexibility index (Phi) is 6.02. The highest BCUT2D eigenvalue weighted by atomic mass is 16.4. The summed E-state index contributed by atoms with van der Waals surface area (Å²) in [4.78, 5) is 21.1. The van der Waals surface area contributed by atoms with Gasteiger partial charge in [0.2, 0.25) is 5.91 Å². The first-order valence-electron chi connectivity index (χ1n) is 4.31. The standard InChI is InChI=1S/C8H15NO6/c1-4(12)9-5(2-10)7(14)8(15)6(13)3-11/h2,5-8,11,13-15H,3H2,1H3,(H,9,12)/t5-,6+,7+,8+/m0/s1/i1+1,4+1. The number of amides is 1. The lowest BCUT2D eigenvalue weighted by atomic mass is 10.0. The number of aliphatic hydroxyl groups excluding tert-OH is 4. The van der Waals surface area contributed by atoms with Gasteiger partial charge in [-0.1, -0.05) is 0 Å². The smallest absolute Gasteiger partial charge is 0.217 e. The van der Waals surface area contributed by atoms with E-state index in [0.29, 0.717) is 0 Å². The van der Waals surface area contributed by atoms with Crippen LogP contribution >= 0.6 is 0 Å². The van der Waals surface area contributed by atoms with Gasteiger partial charge in [0, 0.05) is 6.92 Å². The maximum absolute atomic E-state index is 10.6. The third kappa shape index (κ3) is 4.34. The van der Waals surface area contributed by atoms with Crippen molar-refractivity contribution in [2.45, 2.75) is 31.3 Å². The second-order valence-corrected chi connectivity index (χ2v) is 3.09. The van der Waals surface area contributed by atoms with E-state index in [1.807, 2.05) is 0 Å². The van der Waals surface area contributed by atoms with Crippen molar-refractivity contribution in [1.82, 2.24) is 5.32 Å². The minimum Gasteiger partial charge on any atom is -0.394 e. The first-order chi connectivity index (χ1) is 6.93. The third-order valence-electron chi connectivity index (χ3n) is 1.82. The van der Waals surface area contributed by atoms with Crippen molar-refractivity contribution in [1.29, 1.82) is 0 Å². The van der Waals surface area contributed by atoms with E-state index in [1.165, 1.54) is 0 Å². The lowest BCUT2D eigenvalue weighted by Gasteiger charge is -2.25. The third-order valence-corrected chi connectivity index (χ3v) is 1.82. The van der Waals surface area contributed by atoms with E-state index in [4.69, 9.17) is 10.2 Å². The van der Waals surface area contributed by atoms with E-state index >= 15 is 0 Å². The van der Waals surface area contributed by atoms with Crippen LogP contribution in [0.5, 0.6) is 0 Å². The van der Waals surface area contributed by atoms with Crippen LogP contribution in [0.3, 0.4) is 0 Å². The monoisotopic (exact) mass is 223 g/mol. The second-order valence-electron chi connectivity index (χ2n) is 3.09. The molecule has 88 valence electrons. The number of aldehydes is 1. The SMILES string of the molecule is [13CH3][13C](=O)N[C@@H](C=O)[C@@H](O)[C@H](O)[C@H](O)CO. The molecule has 0 fully saturated rings. The number of carbonyl (C=O) groups excluding carboxylic acids is 2. The van der Waals surface area contributed by atoms with E-state index in [9.17, 15) is 19.8 Å². The van der Waals surface area contributed by atoms with Gasteiger partial charge in [-0.15, -0.1) is 0 Å². The molecular formula is C8H15NO6. The van der Waals surface area contributed by atoms with Crippen LogP contribution in [-0.2, 0) is 9.59 Å². The summed E-state index contributed by atoms with van der Waals surface area (Å²) in [5.74, 6) is -0.558. The van der Waals surface area contributed by atoms with Gasteiger partial charge in [-0.3, -0.25) is 4.79 Å². The van der Waals surface area contributed by atoms with Gasteiger partial charge in [0.25, 0.3) is 0 Å². The number of nitrogens with one attached hydrogen (secondary N) is 1. The molecule has 0 aliphatic rings. The van der Waals surface area contributed by atoms with Crippen molar-refractivity contribution in [2.24, 2.45) is 0 Å². The zero-order chi connectivity index (χ0) is 12.0. The highest BCUT2D eigenvalue weighted by molar-refractivity contribution is 5.77. The van der Waals surface area contributed by atoms with E-state index in [-0.39, 0.29) is 6.29 Å². The number of hydrogen-bond acceptors (Lipinski definition) is 6. The fourth-order valence-corrected chi connectivity index (χ4v) is 0.983. The van der Waals surface area contributed by atoms with E-state index in [2.05, 4.69) is 5.32 Å². The summed E-state index contributed by atoms with van der Waals surface area (Å²) in [6.45, 7) is 0.377. The van der Waals surface area contributed by atoms with Gasteiger partial charge < -0.3 is 30.5 Å². The van der Waals surface area contributed by atoms with Gasteiger partial charge in [0.05, 0.1) is 6.61 Å². The highest BCUT2D eigenvalue weighted by Gasteiger charge is 2.31. The fourth-order valence-electron chi connectivity index (χ4n) is 0.983. The molecule has 0 aliphatic carbocycles. The van der Waals surface area contributed by atoms with Gasteiger partial charge in [-0.2, -0.15) is 0 Å². The molecule has 0 saturated heterocycles. The summed E-state index contributed by atoms with van der Waals surface area (Å²) >= 11 is 0. The fraction of sp³-hybridized carbons (Fsp3) is 0.750. The Bertz CT molecular complexity index is 221. The Morgan fingerprint density at radius 1 is 1.33 bits per heavy atom. The molecule has 0 aromatic rings. The molecule has 0 unspecified atom stereocenters. The van der Waals surface area contributed by atoms with Crippen molar-refractivity contribution < 1.29 is 30.0 Å². The Balaban J connectivity index is 4.42. The Morgan fingerprint density at radius 3 is 2.20 bits per heavy atom. The van der Waals surface area contributed by atoms with Crippen molar-refractivity contribution >= 4 is 12.2 Å². The number of hydrogen-bond donors (Lipinski definition) is 5. The van der Waals surface area contributed by atoms with Crippen LogP contribution in [0.1, 0.15) is 6.92 Å².